The molecule has 14 heavy (non-hydrogen) atoms. The summed E-state index contributed by atoms with van der Waals surface area (Å²) in [6, 6.07) is -0.360. The van der Waals surface area contributed by atoms with Crippen LogP contribution in [-0.4, -0.2) is 32.2 Å². The Bertz CT molecular complexity index is 151. The van der Waals surface area contributed by atoms with Crippen molar-refractivity contribution in [3.05, 3.63) is 0 Å². The molecule has 0 saturated carbocycles. The van der Waals surface area contributed by atoms with Crippen molar-refractivity contribution >= 4 is 5.91 Å². The second-order valence-electron chi connectivity index (χ2n) is 3.38. The molecule has 0 aliphatic rings. The molecule has 0 bridgehead atoms. The number of nitrogens with one attached hydrogen (secondary N) is 1. The Kier molecular flexibility index (Phi) is 8.57. The molecule has 0 rings (SSSR count). The predicted molar refractivity (Wildman–Crippen MR) is 57.0 cm³/mol. The normalized spacial score (nSPS) is 12.7. The van der Waals surface area contributed by atoms with Crippen molar-refractivity contribution in [2.75, 3.05) is 20.3 Å². The second kappa shape index (κ2) is 8.97. The van der Waals surface area contributed by atoms with Crippen molar-refractivity contribution < 1.29 is 9.53 Å². The molecule has 0 fully saturated rings. The van der Waals surface area contributed by atoms with E-state index in [-0.39, 0.29) is 11.9 Å². The van der Waals surface area contributed by atoms with E-state index in [1.165, 1.54) is 19.3 Å². The zero-order valence-electron chi connectivity index (χ0n) is 9.21. The highest BCUT2D eigenvalue weighted by atomic mass is 16.5. The van der Waals surface area contributed by atoms with Gasteiger partial charge in [0.15, 0.2) is 0 Å². The van der Waals surface area contributed by atoms with E-state index in [2.05, 4.69) is 12.2 Å². The number of nitrogens with two attached hydrogens (primary N) is 1. The molecular formula is C10H22N2O2. The number of ether oxygens (including phenoxy) is 1. The van der Waals surface area contributed by atoms with Crippen LogP contribution in [0.4, 0.5) is 0 Å². The minimum atomic E-state index is -0.360. The molecule has 1 unspecified atom stereocenters. The standard InChI is InChI=1S/C10H22N2O2/c1-3-4-5-6-7-14-8-9(12-2)10(11)13/h9,12H,3-8H2,1-2H3,(H2,11,13). The fourth-order valence-electron chi connectivity index (χ4n) is 1.14. The zero-order valence-corrected chi connectivity index (χ0v) is 9.21. The van der Waals surface area contributed by atoms with Gasteiger partial charge in [-0.3, -0.25) is 4.79 Å². The van der Waals surface area contributed by atoms with Crippen LogP contribution in [0.2, 0.25) is 0 Å². The van der Waals surface area contributed by atoms with Gasteiger partial charge in [-0.15, -0.1) is 0 Å². The molecular weight excluding hydrogens is 180 g/mol. The average Bonchev–Trinajstić information content (AvgIpc) is 2.16. The third-order valence-corrected chi connectivity index (χ3v) is 2.12. The maximum Gasteiger partial charge on any atom is 0.236 e. The lowest BCUT2D eigenvalue weighted by Crippen LogP contribution is -2.42. The first kappa shape index (κ1) is 13.4. The second-order valence-corrected chi connectivity index (χ2v) is 3.38. The zero-order chi connectivity index (χ0) is 10.8. The summed E-state index contributed by atoms with van der Waals surface area (Å²) in [6.45, 7) is 3.26. The Hall–Kier alpha value is -0.610. The number of hydrogen-bond acceptors (Lipinski definition) is 3. The minimum Gasteiger partial charge on any atom is -0.379 e. The van der Waals surface area contributed by atoms with Gasteiger partial charge in [-0.25, -0.2) is 0 Å². The summed E-state index contributed by atoms with van der Waals surface area (Å²) in [5.41, 5.74) is 5.13. The van der Waals surface area contributed by atoms with Gasteiger partial charge in [0.25, 0.3) is 0 Å². The molecule has 1 amide bonds. The molecule has 4 nitrogen and oxygen atoms in total. The molecule has 0 spiro atoms. The molecule has 0 aliphatic carbocycles. The molecule has 0 aromatic heterocycles. The van der Waals surface area contributed by atoms with Crippen molar-refractivity contribution in [1.29, 1.82) is 0 Å². The van der Waals surface area contributed by atoms with Gasteiger partial charge in [0.1, 0.15) is 6.04 Å². The van der Waals surface area contributed by atoms with Gasteiger partial charge in [0.05, 0.1) is 6.61 Å². The van der Waals surface area contributed by atoms with Crippen molar-refractivity contribution in [3.8, 4) is 0 Å². The van der Waals surface area contributed by atoms with E-state index >= 15 is 0 Å². The Labute approximate surface area is 86.2 Å². The lowest BCUT2D eigenvalue weighted by Gasteiger charge is -2.12. The number of carbonyl (C=O) groups excluding carboxylic acids is 1. The summed E-state index contributed by atoms with van der Waals surface area (Å²) in [5, 5.41) is 2.80. The largest absolute Gasteiger partial charge is 0.379 e. The van der Waals surface area contributed by atoms with Crippen LogP contribution in [0.1, 0.15) is 32.6 Å². The number of carbonyl (C=O) groups is 1. The van der Waals surface area contributed by atoms with E-state index in [1.807, 2.05) is 0 Å². The Morgan fingerprint density at radius 3 is 2.64 bits per heavy atom. The van der Waals surface area contributed by atoms with Crippen molar-refractivity contribution in [3.63, 3.8) is 0 Å². The molecule has 0 aliphatic heterocycles. The van der Waals surface area contributed by atoms with Gasteiger partial charge >= 0.3 is 0 Å². The lowest BCUT2D eigenvalue weighted by atomic mass is 10.2. The number of hydrogen-bond donors (Lipinski definition) is 2. The van der Waals surface area contributed by atoms with Crippen LogP contribution in [-0.2, 0) is 9.53 Å². The molecule has 0 heterocycles. The number of amides is 1. The van der Waals surface area contributed by atoms with Gasteiger partial charge in [-0.2, -0.15) is 0 Å². The molecule has 0 aromatic carbocycles. The average molecular weight is 202 g/mol. The highest BCUT2D eigenvalue weighted by molar-refractivity contribution is 5.79. The SMILES string of the molecule is CCCCCCOCC(NC)C(N)=O. The third-order valence-electron chi connectivity index (χ3n) is 2.12. The molecule has 3 N–H and O–H groups in total. The molecule has 0 saturated heterocycles. The monoisotopic (exact) mass is 202 g/mol. The molecule has 84 valence electrons. The smallest absolute Gasteiger partial charge is 0.236 e. The fraction of sp³-hybridized carbons (Fsp3) is 0.900. The van der Waals surface area contributed by atoms with Crippen molar-refractivity contribution in [2.24, 2.45) is 5.73 Å². The van der Waals surface area contributed by atoms with Crippen molar-refractivity contribution in [2.45, 2.75) is 38.6 Å². The van der Waals surface area contributed by atoms with Crippen LogP contribution in [0.15, 0.2) is 0 Å². The van der Waals surface area contributed by atoms with Gasteiger partial charge in [-0.05, 0) is 13.5 Å². The highest BCUT2D eigenvalue weighted by Crippen LogP contribution is 1.99. The topological polar surface area (TPSA) is 64.3 Å². The van der Waals surface area contributed by atoms with Crippen LogP contribution in [0.5, 0.6) is 0 Å². The molecule has 1 atom stereocenters. The summed E-state index contributed by atoms with van der Waals surface area (Å²) in [4.78, 5) is 10.8. The number of rotatable bonds is 9. The molecule has 4 heteroatoms. The Morgan fingerprint density at radius 1 is 1.43 bits per heavy atom. The minimum absolute atomic E-state index is 0.360. The van der Waals surface area contributed by atoms with E-state index < -0.39 is 0 Å². The van der Waals surface area contributed by atoms with E-state index in [9.17, 15) is 4.79 Å². The van der Waals surface area contributed by atoms with E-state index in [4.69, 9.17) is 10.5 Å². The van der Waals surface area contributed by atoms with Gasteiger partial charge in [0.2, 0.25) is 5.91 Å². The number of likely N-dealkylation sites (N-methyl/N-ethyl adjacent to an activating group) is 1. The maximum absolute atomic E-state index is 10.8. The van der Waals surface area contributed by atoms with Crippen LogP contribution in [0.25, 0.3) is 0 Å². The third kappa shape index (κ3) is 6.86. The van der Waals surface area contributed by atoms with Gasteiger partial charge < -0.3 is 15.8 Å². The number of primary amides is 1. The summed E-state index contributed by atoms with van der Waals surface area (Å²) in [7, 11) is 1.70. The van der Waals surface area contributed by atoms with Crippen LogP contribution >= 0.6 is 0 Å². The lowest BCUT2D eigenvalue weighted by molar-refractivity contribution is -0.121. The first-order chi connectivity index (χ1) is 6.72. The summed E-state index contributed by atoms with van der Waals surface area (Å²) in [6.07, 6.45) is 4.72. The highest BCUT2D eigenvalue weighted by Gasteiger charge is 2.11. The molecule has 0 aromatic rings. The van der Waals surface area contributed by atoms with Crippen LogP contribution in [0.3, 0.4) is 0 Å². The van der Waals surface area contributed by atoms with E-state index in [0.29, 0.717) is 13.2 Å². The number of unbranched alkanes of at least 4 members (excludes halogenated alkanes) is 3. The van der Waals surface area contributed by atoms with Crippen molar-refractivity contribution in [1.82, 2.24) is 5.32 Å². The summed E-state index contributed by atoms with van der Waals surface area (Å²) < 4.78 is 5.33. The molecule has 0 radical (unpaired) electrons. The fourth-order valence-corrected chi connectivity index (χ4v) is 1.14. The Balaban J connectivity index is 3.29. The van der Waals surface area contributed by atoms with Crippen LogP contribution in [0, 0.1) is 0 Å². The summed E-state index contributed by atoms with van der Waals surface area (Å²) in [5.74, 6) is -0.360. The quantitative estimate of drug-likeness (QED) is 0.540. The first-order valence-electron chi connectivity index (χ1n) is 5.26. The predicted octanol–water partition coefficient (Wildman–Crippen LogP) is 0.657. The van der Waals surface area contributed by atoms with E-state index in [1.54, 1.807) is 7.05 Å². The summed E-state index contributed by atoms with van der Waals surface area (Å²) >= 11 is 0. The maximum atomic E-state index is 10.8. The van der Waals surface area contributed by atoms with Gasteiger partial charge in [-0.1, -0.05) is 26.2 Å². The van der Waals surface area contributed by atoms with Crippen LogP contribution < -0.4 is 11.1 Å². The Morgan fingerprint density at radius 2 is 2.14 bits per heavy atom. The van der Waals surface area contributed by atoms with Gasteiger partial charge in [0, 0.05) is 6.61 Å². The first-order valence-corrected chi connectivity index (χ1v) is 5.26. The van der Waals surface area contributed by atoms with E-state index in [0.717, 1.165) is 6.42 Å².